The van der Waals surface area contributed by atoms with Gasteiger partial charge in [0.2, 0.25) is 0 Å². The summed E-state index contributed by atoms with van der Waals surface area (Å²) in [5, 5.41) is 8.46. The summed E-state index contributed by atoms with van der Waals surface area (Å²) < 4.78 is 1.69. The second-order valence-electron chi connectivity index (χ2n) is 2.44. The van der Waals surface area contributed by atoms with Gasteiger partial charge < -0.3 is 9.67 Å². The molecule has 12 heavy (non-hydrogen) atoms. The Morgan fingerprint density at radius 2 is 2.58 bits per heavy atom. The molecule has 0 aliphatic carbocycles. The number of hydrogen-bond acceptors (Lipinski definition) is 2. The van der Waals surface area contributed by atoms with E-state index in [1.54, 1.807) is 23.9 Å². The highest BCUT2D eigenvalue weighted by molar-refractivity contribution is 5.69. The molecule has 0 bridgehead atoms. The van der Waals surface area contributed by atoms with Crippen molar-refractivity contribution in [2.24, 2.45) is 0 Å². The largest absolute Gasteiger partial charge is 0.481 e. The first-order valence-corrected chi connectivity index (χ1v) is 3.52. The smallest absolute Gasteiger partial charge is 0.309 e. The molecule has 0 aliphatic heterocycles. The van der Waals surface area contributed by atoms with Gasteiger partial charge in [-0.25, -0.2) is 4.98 Å². The Balaban J connectivity index is 2.89. The van der Waals surface area contributed by atoms with Crippen molar-refractivity contribution in [3.05, 3.63) is 24.3 Å². The molecule has 0 unspecified atom stereocenters. The molecular weight excluding hydrogens is 156 g/mol. The Kier molecular flexibility index (Phi) is 2.28. The van der Waals surface area contributed by atoms with Gasteiger partial charge in [-0.3, -0.25) is 4.79 Å². The molecule has 0 atom stereocenters. The molecule has 0 aliphatic rings. The van der Waals surface area contributed by atoms with Gasteiger partial charge in [0, 0.05) is 12.4 Å². The van der Waals surface area contributed by atoms with Gasteiger partial charge in [-0.05, 0) is 6.92 Å². The number of imidazole rings is 1. The van der Waals surface area contributed by atoms with E-state index in [0.29, 0.717) is 5.69 Å². The van der Waals surface area contributed by atoms with Gasteiger partial charge in [0.1, 0.15) is 5.82 Å². The third-order valence-electron chi connectivity index (χ3n) is 1.50. The van der Waals surface area contributed by atoms with Crippen LogP contribution >= 0.6 is 0 Å². The SMILES string of the molecule is C=Cn1cc(CC(=O)O)nc1C. The van der Waals surface area contributed by atoms with Crippen molar-refractivity contribution in [2.45, 2.75) is 13.3 Å². The molecule has 0 amide bonds. The molecule has 1 aromatic rings. The van der Waals surface area contributed by atoms with E-state index in [9.17, 15) is 4.79 Å². The van der Waals surface area contributed by atoms with Crippen molar-refractivity contribution < 1.29 is 9.90 Å². The molecule has 0 radical (unpaired) electrons. The number of carboxylic acids is 1. The van der Waals surface area contributed by atoms with E-state index >= 15 is 0 Å². The maximum Gasteiger partial charge on any atom is 0.309 e. The predicted molar refractivity (Wildman–Crippen MR) is 44.7 cm³/mol. The van der Waals surface area contributed by atoms with Gasteiger partial charge in [0.15, 0.2) is 0 Å². The predicted octanol–water partition coefficient (Wildman–Crippen LogP) is 0.919. The van der Waals surface area contributed by atoms with E-state index < -0.39 is 5.97 Å². The molecule has 4 heteroatoms. The molecule has 0 saturated heterocycles. The summed E-state index contributed by atoms with van der Waals surface area (Å²) in [5.41, 5.74) is 0.555. The Morgan fingerprint density at radius 3 is 3.00 bits per heavy atom. The molecule has 1 rings (SSSR count). The summed E-state index contributed by atoms with van der Waals surface area (Å²) in [6.45, 7) is 5.36. The summed E-state index contributed by atoms with van der Waals surface area (Å²) in [6, 6.07) is 0. The number of aliphatic carboxylic acids is 1. The van der Waals surface area contributed by atoms with Gasteiger partial charge in [0.25, 0.3) is 0 Å². The summed E-state index contributed by atoms with van der Waals surface area (Å²) in [5.74, 6) is -0.120. The Morgan fingerprint density at radius 1 is 1.92 bits per heavy atom. The van der Waals surface area contributed by atoms with E-state index in [4.69, 9.17) is 5.11 Å². The first kappa shape index (κ1) is 8.52. The van der Waals surface area contributed by atoms with Crippen molar-refractivity contribution in [3.63, 3.8) is 0 Å². The average molecular weight is 166 g/mol. The van der Waals surface area contributed by atoms with E-state index in [-0.39, 0.29) is 6.42 Å². The lowest BCUT2D eigenvalue weighted by molar-refractivity contribution is -0.136. The zero-order valence-electron chi connectivity index (χ0n) is 6.82. The number of nitrogens with zero attached hydrogens (tertiary/aromatic N) is 2. The van der Waals surface area contributed by atoms with Crippen molar-refractivity contribution in [1.82, 2.24) is 9.55 Å². The summed E-state index contributed by atoms with van der Waals surface area (Å²) in [4.78, 5) is 14.3. The molecule has 1 N–H and O–H groups in total. The zero-order chi connectivity index (χ0) is 9.14. The Hall–Kier alpha value is -1.58. The van der Waals surface area contributed by atoms with Gasteiger partial charge >= 0.3 is 5.97 Å². The maximum atomic E-state index is 10.3. The Labute approximate surface area is 70.2 Å². The van der Waals surface area contributed by atoms with Crippen LogP contribution in [0.1, 0.15) is 11.5 Å². The van der Waals surface area contributed by atoms with Crippen LogP contribution in [0.25, 0.3) is 6.20 Å². The van der Waals surface area contributed by atoms with Crippen LogP contribution in [-0.2, 0) is 11.2 Å². The topological polar surface area (TPSA) is 55.1 Å². The second kappa shape index (κ2) is 3.21. The first-order chi connectivity index (χ1) is 5.63. The first-order valence-electron chi connectivity index (χ1n) is 3.52. The maximum absolute atomic E-state index is 10.3. The lowest BCUT2D eigenvalue weighted by Gasteiger charge is -1.90. The van der Waals surface area contributed by atoms with Crippen molar-refractivity contribution in [3.8, 4) is 0 Å². The summed E-state index contributed by atoms with van der Waals surface area (Å²) >= 11 is 0. The van der Waals surface area contributed by atoms with Crippen LogP contribution in [0.15, 0.2) is 12.8 Å². The lowest BCUT2D eigenvalue weighted by atomic mass is 10.3. The minimum atomic E-state index is -0.872. The fourth-order valence-electron chi connectivity index (χ4n) is 0.973. The number of hydrogen-bond donors (Lipinski definition) is 1. The highest BCUT2D eigenvalue weighted by atomic mass is 16.4. The zero-order valence-corrected chi connectivity index (χ0v) is 6.82. The summed E-state index contributed by atoms with van der Waals surface area (Å²) in [7, 11) is 0. The van der Waals surface area contributed by atoms with Crippen LogP contribution in [0, 0.1) is 6.92 Å². The van der Waals surface area contributed by atoms with Crippen molar-refractivity contribution >= 4 is 12.2 Å². The van der Waals surface area contributed by atoms with E-state index in [1.165, 1.54) is 0 Å². The van der Waals surface area contributed by atoms with Gasteiger partial charge in [0.05, 0.1) is 12.1 Å². The van der Waals surface area contributed by atoms with Gasteiger partial charge in [-0.1, -0.05) is 6.58 Å². The van der Waals surface area contributed by atoms with Crippen molar-refractivity contribution in [1.29, 1.82) is 0 Å². The molecule has 1 aromatic heterocycles. The molecular formula is C8H10N2O2. The third-order valence-corrected chi connectivity index (χ3v) is 1.50. The molecule has 64 valence electrons. The van der Waals surface area contributed by atoms with Crippen LogP contribution in [0.3, 0.4) is 0 Å². The summed E-state index contributed by atoms with van der Waals surface area (Å²) in [6.07, 6.45) is 3.21. The molecule has 4 nitrogen and oxygen atoms in total. The van der Waals surface area contributed by atoms with E-state index in [2.05, 4.69) is 11.6 Å². The highest BCUT2D eigenvalue weighted by Crippen LogP contribution is 2.02. The number of carboxylic acid groups (broad SMARTS) is 1. The van der Waals surface area contributed by atoms with Crippen molar-refractivity contribution in [2.75, 3.05) is 0 Å². The minimum absolute atomic E-state index is 0.0400. The highest BCUT2D eigenvalue weighted by Gasteiger charge is 2.05. The van der Waals surface area contributed by atoms with Gasteiger partial charge in [-0.15, -0.1) is 0 Å². The van der Waals surface area contributed by atoms with Crippen LogP contribution in [0.2, 0.25) is 0 Å². The second-order valence-corrected chi connectivity index (χ2v) is 2.44. The van der Waals surface area contributed by atoms with Crippen LogP contribution in [0.5, 0.6) is 0 Å². The number of aryl methyl sites for hydroxylation is 1. The number of rotatable bonds is 3. The monoisotopic (exact) mass is 166 g/mol. The molecule has 0 saturated carbocycles. The molecule has 0 aromatic carbocycles. The molecule has 1 heterocycles. The number of aromatic nitrogens is 2. The standard InChI is InChI=1S/C8H10N2O2/c1-3-10-5-7(4-8(11)12)9-6(10)2/h3,5H,1,4H2,2H3,(H,11,12). The molecule has 0 fully saturated rings. The fourth-order valence-corrected chi connectivity index (χ4v) is 0.973. The lowest BCUT2D eigenvalue weighted by Crippen LogP contribution is -1.99. The molecule has 0 spiro atoms. The number of carbonyl (C=O) groups is 1. The van der Waals surface area contributed by atoms with Gasteiger partial charge in [-0.2, -0.15) is 0 Å². The normalized spacial score (nSPS) is 9.75. The van der Waals surface area contributed by atoms with E-state index in [1.807, 2.05) is 0 Å². The minimum Gasteiger partial charge on any atom is -0.481 e. The van der Waals surface area contributed by atoms with Crippen LogP contribution in [0.4, 0.5) is 0 Å². The average Bonchev–Trinajstić information content (AvgIpc) is 2.29. The quantitative estimate of drug-likeness (QED) is 0.726. The Bertz CT molecular complexity index is 315. The van der Waals surface area contributed by atoms with Crippen LogP contribution < -0.4 is 0 Å². The fraction of sp³-hybridized carbons (Fsp3) is 0.250. The van der Waals surface area contributed by atoms with Crippen LogP contribution in [-0.4, -0.2) is 20.6 Å². The van der Waals surface area contributed by atoms with E-state index in [0.717, 1.165) is 5.82 Å². The third kappa shape index (κ3) is 1.72.